The summed E-state index contributed by atoms with van der Waals surface area (Å²) in [6.07, 6.45) is -3.45. The average molecular weight is 541 g/mol. The molecule has 10 heteroatoms. The summed E-state index contributed by atoms with van der Waals surface area (Å²) in [6.45, 7) is 3.25. The first kappa shape index (κ1) is 26.5. The molecule has 6 nitrogen and oxygen atoms in total. The zero-order chi connectivity index (χ0) is 21.4. The van der Waals surface area contributed by atoms with E-state index >= 15 is 0 Å². The molecule has 1 fully saturated rings. The lowest BCUT2D eigenvalue weighted by Crippen LogP contribution is -2.57. The molecule has 1 unspecified atom stereocenters. The van der Waals surface area contributed by atoms with Gasteiger partial charge in [0.25, 0.3) is 0 Å². The van der Waals surface area contributed by atoms with Crippen LogP contribution in [0.1, 0.15) is 12.5 Å². The summed E-state index contributed by atoms with van der Waals surface area (Å²) >= 11 is 0. The molecule has 1 N–H and O–H groups in total. The summed E-state index contributed by atoms with van der Waals surface area (Å²) < 4.78 is 38.9. The molecule has 1 saturated heterocycles. The minimum atomic E-state index is -4.23. The molecule has 0 spiro atoms. The van der Waals surface area contributed by atoms with Crippen LogP contribution in [0.2, 0.25) is 0 Å². The third-order valence-corrected chi connectivity index (χ3v) is 5.04. The first-order chi connectivity index (χ1) is 13.7. The Morgan fingerprint density at radius 2 is 1.77 bits per heavy atom. The summed E-state index contributed by atoms with van der Waals surface area (Å²) in [4.78, 5) is 21.2. The predicted octanol–water partition coefficient (Wildman–Crippen LogP) is 2.45. The molecular formula is C20H31F3IN5O. The molecule has 1 aliphatic rings. The number of nitrogens with zero attached hydrogens (tertiary/aromatic N) is 4. The number of carbonyl (C=O) groups excluding carboxylic acids is 1. The monoisotopic (exact) mass is 541 g/mol. The Bertz CT molecular complexity index is 677. The molecule has 1 aromatic carbocycles. The van der Waals surface area contributed by atoms with E-state index in [0.717, 1.165) is 6.42 Å². The molecule has 0 saturated carbocycles. The van der Waals surface area contributed by atoms with Gasteiger partial charge in [0.05, 0.1) is 0 Å². The Morgan fingerprint density at radius 1 is 1.17 bits per heavy atom. The number of piperazine rings is 1. The van der Waals surface area contributed by atoms with Gasteiger partial charge in [0, 0.05) is 46.8 Å². The van der Waals surface area contributed by atoms with Crippen molar-refractivity contribution in [2.45, 2.75) is 25.6 Å². The van der Waals surface area contributed by atoms with Gasteiger partial charge in [-0.25, -0.2) is 4.99 Å². The Morgan fingerprint density at radius 3 is 2.30 bits per heavy atom. The molecule has 1 heterocycles. The second-order valence-electron chi connectivity index (χ2n) is 7.33. The number of nitrogens with one attached hydrogen (secondary N) is 1. The van der Waals surface area contributed by atoms with Crippen molar-refractivity contribution in [3.05, 3.63) is 35.9 Å². The first-order valence-electron chi connectivity index (χ1n) is 9.76. The van der Waals surface area contributed by atoms with E-state index in [1.54, 1.807) is 14.1 Å². The number of guanidine groups is 1. The van der Waals surface area contributed by atoms with Gasteiger partial charge in [0.2, 0.25) is 5.91 Å². The lowest BCUT2D eigenvalue weighted by Gasteiger charge is -2.39. The topological polar surface area (TPSA) is 51.2 Å². The summed E-state index contributed by atoms with van der Waals surface area (Å²) in [7, 11) is 3.33. The summed E-state index contributed by atoms with van der Waals surface area (Å²) in [5.74, 6) is 0.437. The second kappa shape index (κ2) is 12.3. The van der Waals surface area contributed by atoms with Crippen LogP contribution in [0.15, 0.2) is 35.3 Å². The number of carbonyl (C=O) groups is 1. The van der Waals surface area contributed by atoms with Crippen LogP contribution >= 0.6 is 24.0 Å². The highest BCUT2D eigenvalue weighted by Crippen LogP contribution is 2.25. The molecule has 170 valence electrons. The number of halogens is 4. The molecule has 0 bridgehead atoms. The molecule has 1 amide bonds. The van der Waals surface area contributed by atoms with Crippen LogP contribution in [0.3, 0.4) is 0 Å². The van der Waals surface area contributed by atoms with Gasteiger partial charge in [0.15, 0.2) is 5.96 Å². The minimum Gasteiger partial charge on any atom is -0.356 e. The Labute approximate surface area is 193 Å². The standard InChI is InChI=1S/C20H30F3N5O.HI/c1-16(20(21,22)23)27-11-13-28(14-12-27)19(25-15-18(29)26(2)3)24-10-9-17-7-5-4-6-8-17;/h4-8,16H,9-15H2,1-3H3,(H,24,25);1H. The van der Waals surface area contributed by atoms with E-state index in [0.29, 0.717) is 38.7 Å². The fraction of sp³-hybridized carbons (Fsp3) is 0.600. The fourth-order valence-electron chi connectivity index (χ4n) is 3.04. The van der Waals surface area contributed by atoms with Gasteiger partial charge in [-0.15, -0.1) is 24.0 Å². The Balaban J connectivity index is 0.00000450. The number of alkyl halides is 3. The quantitative estimate of drug-likeness (QED) is 0.342. The maximum absolute atomic E-state index is 13.0. The van der Waals surface area contributed by atoms with Crippen LogP contribution in [0.5, 0.6) is 0 Å². The van der Waals surface area contributed by atoms with Gasteiger partial charge in [-0.3, -0.25) is 9.69 Å². The van der Waals surface area contributed by atoms with E-state index in [2.05, 4.69) is 10.3 Å². The van der Waals surface area contributed by atoms with Crippen LogP contribution in [0.4, 0.5) is 13.2 Å². The zero-order valence-electron chi connectivity index (χ0n) is 17.7. The van der Waals surface area contributed by atoms with E-state index in [1.165, 1.54) is 22.3 Å². The molecule has 0 radical (unpaired) electrons. The highest BCUT2D eigenvalue weighted by molar-refractivity contribution is 14.0. The van der Waals surface area contributed by atoms with E-state index < -0.39 is 12.2 Å². The molecule has 1 aromatic rings. The number of benzene rings is 1. The van der Waals surface area contributed by atoms with Gasteiger partial charge in [-0.1, -0.05) is 30.3 Å². The van der Waals surface area contributed by atoms with Crippen LogP contribution < -0.4 is 5.32 Å². The molecule has 2 rings (SSSR count). The fourth-order valence-corrected chi connectivity index (χ4v) is 3.04. The van der Waals surface area contributed by atoms with Crippen molar-refractivity contribution >= 4 is 35.8 Å². The molecular weight excluding hydrogens is 510 g/mol. The van der Waals surface area contributed by atoms with Crippen molar-refractivity contribution in [3.63, 3.8) is 0 Å². The van der Waals surface area contributed by atoms with E-state index in [9.17, 15) is 18.0 Å². The molecule has 0 aromatic heterocycles. The van der Waals surface area contributed by atoms with Gasteiger partial charge in [-0.2, -0.15) is 13.2 Å². The zero-order valence-corrected chi connectivity index (χ0v) is 20.0. The first-order valence-corrected chi connectivity index (χ1v) is 9.76. The van der Waals surface area contributed by atoms with Crippen LogP contribution in [0.25, 0.3) is 0 Å². The van der Waals surface area contributed by atoms with Crippen molar-refractivity contribution in [2.75, 3.05) is 53.4 Å². The highest BCUT2D eigenvalue weighted by atomic mass is 127. The number of likely N-dealkylation sites (N-methyl/N-ethyl adjacent to an activating group) is 1. The molecule has 0 aliphatic carbocycles. The van der Waals surface area contributed by atoms with Gasteiger partial charge < -0.3 is 15.1 Å². The summed E-state index contributed by atoms with van der Waals surface area (Å²) in [5.41, 5.74) is 1.17. The highest BCUT2D eigenvalue weighted by Gasteiger charge is 2.41. The number of amides is 1. The van der Waals surface area contributed by atoms with Gasteiger partial charge >= 0.3 is 6.18 Å². The normalized spacial score (nSPS) is 16.6. The average Bonchev–Trinajstić information content (AvgIpc) is 2.70. The van der Waals surface area contributed by atoms with Gasteiger partial charge in [-0.05, 0) is 18.9 Å². The maximum Gasteiger partial charge on any atom is 0.403 e. The number of hydrogen-bond acceptors (Lipinski definition) is 3. The van der Waals surface area contributed by atoms with Crippen molar-refractivity contribution in [1.29, 1.82) is 0 Å². The second-order valence-corrected chi connectivity index (χ2v) is 7.33. The number of aliphatic imine (C=N–C) groups is 1. The number of hydrogen-bond donors (Lipinski definition) is 1. The van der Waals surface area contributed by atoms with Gasteiger partial charge in [0.1, 0.15) is 12.6 Å². The molecule has 30 heavy (non-hydrogen) atoms. The van der Waals surface area contributed by atoms with E-state index in [-0.39, 0.29) is 36.4 Å². The third kappa shape index (κ3) is 8.29. The van der Waals surface area contributed by atoms with Crippen molar-refractivity contribution in [1.82, 2.24) is 20.0 Å². The lowest BCUT2D eigenvalue weighted by molar-refractivity contribution is -0.181. The van der Waals surface area contributed by atoms with Crippen LogP contribution in [0, 0.1) is 0 Å². The maximum atomic E-state index is 13.0. The summed E-state index contributed by atoms with van der Waals surface area (Å²) in [6, 6.07) is 8.50. The lowest BCUT2D eigenvalue weighted by atomic mass is 10.1. The Hall–Kier alpha value is -1.56. The van der Waals surface area contributed by atoms with E-state index in [1.807, 2.05) is 35.2 Å². The van der Waals surface area contributed by atoms with Crippen LogP contribution in [-0.4, -0.2) is 92.1 Å². The minimum absolute atomic E-state index is 0. The predicted molar refractivity (Wildman–Crippen MR) is 123 cm³/mol. The number of rotatable bonds is 6. The van der Waals surface area contributed by atoms with Crippen molar-refractivity contribution in [3.8, 4) is 0 Å². The van der Waals surface area contributed by atoms with Crippen LogP contribution in [-0.2, 0) is 11.2 Å². The van der Waals surface area contributed by atoms with Crippen molar-refractivity contribution in [2.24, 2.45) is 4.99 Å². The summed E-state index contributed by atoms with van der Waals surface area (Å²) in [5, 5.41) is 3.27. The SMILES string of the molecule is CC(N1CCN(C(=NCC(=O)N(C)C)NCCc2ccccc2)CC1)C(F)(F)F.I. The smallest absolute Gasteiger partial charge is 0.356 e. The largest absolute Gasteiger partial charge is 0.403 e. The molecule has 1 atom stereocenters. The van der Waals surface area contributed by atoms with E-state index in [4.69, 9.17) is 0 Å². The third-order valence-electron chi connectivity index (χ3n) is 5.04. The molecule has 1 aliphatic heterocycles. The van der Waals surface area contributed by atoms with Crippen molar-refractivity contribution < 1.29 is 18.0 Å². The Kier molecular flexibility index (Phi) is 10.9.